The Kier molecular flexibility index (Phi) is 5.35. The lowest BCUT2D eigenvalue weighted by molar-refractivity contribution is 0.157. The number of likely N-dealkylation sites (tertiary alicyclic amines) is 1. The molecule has 1 aliphatic rings. The summed E-state index contributed by atoms with van der Waals surface area (Å²) in [6.45, 7) is 3.31. The van der Waals surface area contributed by atoms with Crippen molar-refractivity contribution < 1.29 is 9.13 Å². The van der Waals surface area contributed by atoms with Crippen molar-refractivity contribution in [1.29, 1.82) is 0 Å². The number of ether oxygens (including phenoxy) is 1. The van der Waals surface area contributed by atoms with Crippen molar-refractivity contribution >= 4 is 5.96 Å². The van der Waals surface area contributed by atoms with E-state index in [2.05, 4.69) is 15.2 Å². The van der Waals surface area contributed by atoms with E-state index in [1.165, 1.54) is 12.1 Å². The number of hydrogen-bond acceptors (Lipinski definition) is 2. The standard InChI is InChI=1S/C15H22FN3O/c1-17-15(19-7-6-13(10-19)11-20-2)18-9-12-4-3-5-14(16)8-12/h3-5,8,13H,6-7,9-11H2,1-2H3,(H,17,18). The first-order chi connectivity index (χ1) is 9.72. The quantitative estimate of drug-likeness (QED) is 0.675. The van der Waals surface area contributed by atoms with Gasteiger partial charge < -0.3 is 15.0 Å². The first-order valence-electron chi connectivity index (χ1n) is 6.92. The van der Waals surface area contributed by atoms with Gasteiger partial charge >= 0.3 is 0 Å². The Labute approximate surface area is 119 Å². The van der Waals surface area contributed by atoms with Gasteiger partial charge in [-0.3, -0.25) is 4.99 Å². The summed E-state index contributed by atoms with van der Waals surface area (Å²) >= 11 is 0. The molecule has 1 fully saturated rings. The highest BCUT2D eigenvalue weighted by Gasteiger charge is 2.24. The Morgan fingerprint density at radius 1 is 1.55 bits per heavy atom. The minimum atomic E-state index is -0.208. The van der Waals surface area contributed by atoms with Crippen LogP contribution in [0.2, 0.25) is 0 Å². The molecule has 1 aliphatic heterocycles. The highest BCUT2D eigenvalue weighted by molar-refractivity contribution is 5.80. The molecule has 1 aromatic carbocycles. The Hall–Kier alpha value is -1.62. The maximum Gasteiger partial charge on any atom is 0.193 e. The minimum absolute atomic E-state index is 0.208. The molecule has 0 saturated carbocycles. The van der Waals surface area contributed by atoms with Gasteiger partial charge in [0.25, 0.3) is 0 Å². The molecule has 1 N–H and O–H groups in total. The zero-order valence-corrected chi connectivity index (χ0v) is 12.1. The summed E-state index contributed by atoms with van der Waals surface area (Å²) < 4.78 is 18.3. The normalized spacial score (nSPS) is 19.4. The molecule has 0 aliphatic carbocycles. The van der Waals surface area contributed by atoms with E-state index in [0.29, 0.717) is 12.5 Å². The van der Waals surface area contributed by atoms with Gasteiger partial charge in [-0.25, -0.2) is 4.39 Å². The monoisotopic (exact) mass is 279 g/mol. The SMILES string of the molecule is CN=C(NCc1cccc(F)c1)N1CCC(COC)C1. The molecule has 1 atom stereocenters. The highest BCUT2D eigenvalue weighted by atomic mass is 19.1. The van der Waals surface area contributed by atoms with Gasteiger partial charge in [-0.1, -0.05) is 12.1 Å². The predicted octanol–water partition coefficient (Wildman–Crippen LogP) is 1.87. The topological polar surface area (TPSA) is 36.9 Å². The molecule has 20 heavy (non-hydrogen) atoms. The lowest BCUT2D eigenvalue weighted by atomic mass is 10.1. The molecule has 0 spiro atoms. The molecular weight excluding hydrogens is 257 g/mol. The lowest BCUT2D eigenvalue weighted by Crippen LogP contribution is -2.39. The fraction of sp³-hybridized carbons (Fsp3) is 0.533. The van der Waals surface area contributed by atoms with Gasteiger partial charge in [0.1, 0.15) is 5.82 Å². The van der Waals surface area contributed by atoms with Crippen LogP contribution in [0, 0.1) is 11.7 Å². The van der Waals surface area contributed by atoms with Gasteiger partial charge in [0.15, 0.2) is 5.96 Å². The molecular formula is C15H22FN3O. The Balaban J connectivity index is 1.87. The molecule has 0 radical (unpaired) electrons. The molecule has 4 nitrogen and oxygen atoms in total. The van der Waals surface area contributed by atoms with Crippen LogP contribution in [-0.4, -0.2) is 44.7 Å². The molecule has 1 saturated heterocycles. The maximum absolute atomic E-state index is 13.1. The number of guanidine groups is 1. The molecule has 110 valence electrons. The molecule has 5 heteroatoms. The molecule has 2 rings (SSSR count). The van der Waals surface area contributed by atoms with Crippen LogP contribution < -0.4 is 5.32 Å². The third kappa shape index (κ3) is 3.93. The molecule has 0 bridgehead atoms. The molecule has 1 heterocycles. The summed E-state index contributed by atoms with van der Waals surface area (Å²) in [5, 5.41) is 3.29. The van der Waals surface area contributed by atoms with E-state index >= 15 is 0 Å². The molecule has 0 aromatic heterocycles. The van der Waals surface area contributed by atoms with Gasteiger partial charge in [0.2, 0.25) is 0 Å². The van der Waals surface area contributed by atoms with E-state index in [4.69, 9.17) is 4.74 Å². The van der Waals surface area contributed by atoms with Crippen LogP contribution in [0.5, 0.6) is 0 Å². The summed E-state index contributed by atoms with van der Waals surface area (Å²) in [6, 6.07) is 6.62. The van der Waals surface area contributed by atoms with Crippen molar-refractivity contribution in [3.8, 4) is 0 Å². The van der Waals surface area contributed by atoms with Crippen LogP contribution in [0.25, 0.3) is 0 Å². The average Bonchev–Trinajstić information content (AvgIpc) is 2.89. The second-order valence-corrected chi connectivity index (χ2v) is 5.09. The van der Waals surface area contributed by atoms with Crippen LogP contribution in [0.4, 0.5) is 4.39 Å². The van der Waals surface area contributed by atoms with Gasteiger partial charge in [-0.05, 0) is 24.1 Å². The number of methoxy groups -OCH3 is 1. The smallest absolute Gasteiger partial charge is 0.193 e. The van der Waals surface area contributed by atoms with Crippen molar-refractivity contribution in [3.05, 3.63) is 35.6 Å². The Morgan fingerprint density at radius 2 is 2.40 bits per heavy atom. The van der Waals surface area contributed by atoms with Crippen molar-refractivity contribution in [2.75, 3.05) is 33.9 Å². The number of aliphatic imine (C=N–C) groups is 1. The summed E-state index contributed by atoms with van der Waals surface area (Å²) in [7, 11) is 3.51. The van der Waals surface area contributed by atoms with E-state index < -0.39 is 0 Å². The van der Waals surface area contributed by atoms with Crippen LogP contribution in [0.15, 0.2) is 29.3 Å². The minimum Gasteiger partial charge on any atom is -0.384 e. The van der Waals surface area contributed by atoms with Gasteiger partial charge in [0, 0.05) is 39.7 Å². The van der Waals surface area contributed by atoms with Crippen molar-refractivity contribution in [2.45, 2.75) is 13.0 Å². The van der Waals surface area contributed by atoms with Crippen molar-refractivity contribution in [1.82, 2.24) is 10.2 Å². The van der Waals surface area contributed by atoms with Crippen molar-refractivity contribution in [3.63, 3.8) is 0 Å². The van der Waals surface area contributed by atoms with E-state index in [0.717, 1.165) is 37.6 Å². The van der Waals surface area contributed by atoms with Crippen LogP contribution >= 0.6 is 0 Å². The van der Waals surface area contributed by atoms with Crippen molar-refractivity contribution in [2.24, 2.45) is 10.9 Å². The zero-order valence-electron chi connectivity index (χ0n) is 12.1. The summed E-state index contributed by atoms with van der Waals surface area (Å²) in [6.07, 6.45) is 1.12. The van der Waals surface area contributed by atoms with E-state index in [-0.39, 0.29) is 5.82 Å². The fourth-order valence-corrected chi connectivity index (χ4v) is 2.56. The molecule has 0 amide bonds. The van der Waals surface area contributed by atoms with Gasteiger partial charge in [-0.2, -0.15) is 0 Å². The number of hydrogen-bond donors (Lipinski definition) is 1. The third-order valence-corrected chi connectivity index (χ3v) is 3.54. The fourth-order valence-electron chi connectivity index (χ4n) is 2.56. The van der Waals surface area contributed by atoms with Crippen LogP contribution in [0.3, 0.4) is 0 Å². The zero-order chi connectivity index (χ0) is 14.4. The summed E-state index contributed by atoms with van der Waals surface area (Å²) in [5.74, 6) is 1.22. The number of benzene rings is 1. The third-order valence-electron chi connectivity index (χ3n) is 3.54. The van der Waals surface area contributed by atoms with E-state index in [1.807, 2.05) is 6.07 Å². The van der Waals surface area contributed by atoms with E-state index in [1.54, 1.807) is 20.2 Å². The highest BCUT2D eigenvalue weighted by Crippen LogP contribution is 2.16. The predicted molar refractivity (Wildman–Crippen MR) is 78.2 cm³/mol. The van der Waals surface area contributed by atoms with Gasteiger partial charge in [0.05, 0.1) is 6.61 Å². The first-order valence-corrected chi connectivity index (χ1v) is 6.92. The number of nitrogens with one attached hydrogen (secondary N) is 1. The number of rotatable bonds is 4. The lowest BCUT2D eigenvalue weighted by Gasteiger charge is -2.21. The maximum atomic E-state index is 13.1. The average molecular weight is 279 g/mol. The summed E-state index contributed by atoms with van der Waals surface area (Å²) in [5.41, 5.74) is 0.916. The largest absolute Gasteiger partial charge is 0.384 e. The number of halogens is 1. The Bertz CT molecular complexity index is 464. The Morgan fingerprint density at radius 3 is 3.10 bits per heavy atom. The molecule has 1 unspecified atom stereocenters. The van der Waals surface area contributed by atoms with Crippen LogP contribution in [0.1, 0.15) is 12.0 Å². The first kappa shape index (κ1) is 14.8. The number of nitrogens with zero attached hydrogens (tertiary/aromatic N) is 2. The van der Waals surface area contributed by atoms with Gasteiger partial charge in [-0.15, -0.1) is 0 Å². The second kappa shape index (κ2) is 7.24. The van der Waals surface area contributed by atoms with Crippen LogP contribution in [-0.2, 0) is 11.3 Å². The van der Waals surface area contributed by atoms with E-state index in [9.17, 15) is 4.39 Å². The second-order valence-electron chi connectivity index (χ2n) is 5.09. The summed E-state index contributed by atoms with van der Waals surface area (Å²) in [4.78, 5) is 6.52. The molecule has 1 aromatic rings.